The van der Waals surface area contributed by atoms with Crippen molar-refractivity contribution in [2.75, 3.05) is 6.61 Å². The van der Waals surface area contributed by atoms with Crippen molar-refractivity contribution < 1.29 is 13.9 Å². The summed E-state index contributed by atoms with van der Waals surface area (Å²) in [5.74, 6) is -0.924. The van der Waals surface area contributed by atoms with E-state index in [4.69, 9.17) is 4.74 Å². The van der Waals surface area contributed by atoms with Crippen molar-refractivity contribution >= 4 is 34.7 Å². The number of thiophene rings is 1. The molecule has 5 nitrogen and oxygen atoms in total. The number of fused-ring (bicyclic) bond motifs is 1. The Morgan fingerprint density at radius 1 is 1.31 bits per heavy atom. The van der Waals surface area contributed by atoms with E-state index in [1.807, 2.05) is 22.9 Å². The Balaban J connectivity index is 1.97. The summed E-state index contributed by atoms with van der Waals surface area (Å²) < 4.78 is 20.7. The molecule has 0 aliphatic carbocycles. The first-order valence-electron chi connectivity index (χ1n) is 8.97. The Hall–Kier alpha value is -2.84. The summed E-state index contributed by atoms with van der Waals surface area (Å²) in [6.45, 7) is 3.64. The predicted molar refractivity (Wildman–Crippen MR) is 111 cm³/mol. The zero-order valence-corrected chi connectivity index (χ0v) is 17.3. The molecular weight excluding hydrogens is 411 g/mol. The minimum atomic E-state index is -0.726. The molecule has 0 saturated heterocycles. The van der Waals surface area contributed by atoms with Gasteiger partial charge in [-0.1, -0.05) is 23.5 Å². The third-order valence-corrected chi connectivity index (χ3v) is 6.23. The molecule has 1 unspecified atom stereocenters. The Kier molecular flexibility index (Phi) is 5.29. The van der Waals surface area contributed by atoms with Gasteiger partial charge in [0.25, 0.3) is 5.56 Å². The maximum absolute atomic E-state index is 13.5. The third-order valence-electron chi connectivity index (χ3n) is 4.54. The molecule has 1 aliphatic rings. The average Bonchev–Trinajstić information content (AvgIpc) is 3.30. The van der Waals surface area contributed by atoms with Crippen molar-refractivity contribution in [3.63, 3.8) is 0 Å². The molecule has 0 fully saturated rings. The topological polar surface area (TPSA) is 60.7 Å². The van der Waals surface area contributed by atoms with E-state index in [1.165, 1.54) is 28.0 Å². The maximum atomic E-state index is 13.5. The standard InChI is InChI=1S/C21H17FN2O3S2/c1-3-27-20(26)17-12(2)23-21-24(18(17)14-4-6-15(22)7-5-14)19(25)16(29-21)10-13-8-9-28-11-13/h4-11,18H,3H2,1-2H3/b16-10+. The number of rotatable bonds is 4. The highest BCUT2D eigenvalue weighted by atomic mass is 32.1. The summed E-state index contributed by atoms with van der Waals surface area (Å²) in [6, 6.07) is 6.98. The first kappa shape index (κ1) is 19.5. The van der Waals surface area contributed by atoms with Crippen LogP contribution < -0.4 is 14.9 Å². The highest BCUT2D eigenvalue weighted by Crippen LogP contribution is 2.30. The van der Waals surface area contributed by atoms with Gasteiger partial charge < -0.3 is 4.74 Å². The van der Waals surface area contributed by atoms with Crippen molar-refractivity contribution in [1.29, 1.82) is 0 Å². The number of halogens is 1. The number of hydrogen-bond acceptors (Lipinski definition) is 6. The van der Waals surface area contributed by atoms with Crippen molar-refractivity contribution in [2.24, 2.45) is 4.99 Å². The summed E-state index contributed by atoms with van der Waals surface area (Å²) in [4.78, 5) is 31.0. The van der Waals surface area contributed by atoms with Gasteiger partial charge in [-0.25, -0.2) is 14.2 Å². The van der Waals surface area contributed by atoms with Gasteiger partial charge in [-0.3, -0.25) is 9.36 Å². The molecule has 0 amide bonds. The lowest BCUT2D eigenvalue weighted by molar-refractivity contribution is -0.139. The molecule has 148 valence electrons. The number of aromatic nitrogens is 1. The van der Waals surface area contributed by atoms with Gasteiger partial charge >= 0.3 is 5.97 Å². The molecule has 0 N–H and O–H groups in total. The normalized spacial score (nSPS) is 16.5. The van der Waals surface area contributed by atoms with Gasteiger partial charge in [-0.05, 0) is 60.0 Å². The smallest absolute Gasteiger partial charge is 0.338 e. The van der Waals surface area contributed by atoms with Crippen molar-refractivity contribution in [2.45, 2.75) is 19.9 Å². The minimum Gasteiger partial charge on any atom is -0.463 e. The predicted octanol–water partition coefficient (Wildman–Crippen LogP) is 3.00. The Morgan fingerprint density at radius 2 is 2.07 bits per heavy atom. The first-order valence-corrected chi connectivity index (χ1v) is 10.7. The van der Waals surface area contributed by atoms with Crippen LogP contribution in [0.2, 0.25) is 0 Å². The molecule has 1 aliphatic heterocycles. The van der Waals surface area contributed by atoms with Crippen LogP contribution in [-0.4, -0.2) is 17.1 Å². The molecule has 1 atom stereocenters. The van der Waals surface area contributed by atoms with Gasteiger partial charge in [0, 0.05) is 0 Å². The van der Waals surface area contributed by atoms with Gasteiger partial charge in [-0.15, -0.1) is 0 Å². The van der Waals surface area contributed by atoms with Gasteiger partial charge in [0.05, 0.1) is 28.5 Å². The fraction of sp³-hybridized carbons (Fsp3) is 0.190. The van der Waals surface area contributed by atoms with E-state index < -0.39 is 17.8 Å². The van der Waals surface area contributed by atoms with E-state index in [9.17, 15) is 14.0 Å². The molecule has 0 bridgehead atoms. The summed E-state index contributed by atoms with van der Waals surface area (Å²) >= 11 is 2.81. The van der Waals surface area contributed by atoms with E-state index in [2.05, 4.69) is 4.99 Å². The highest BCUT2D eigenvalue weighted by Gasteiger charge is 2.33. The number of carbonyl (C=O) groups is 1. The molecule has 1 aromatic carbocycles. The zero-order chi connectivity index (χ0) is 20.5. The van der Waals surface area contributed by atoms with Crippen LogP contribution in [0.4, 0.5) is 4.39 Å². The van der Waals surface area contributed by atoms with Crippen LogP contribution >= 0.6 is 22.7 Å². The SMILES string of the molecule is CCOC(=O)C1=C(C)N=c2s/c(=C/c3ccsc3)c(=O)n2C1c1ccc(F)cc1. The fourth-order valence-electron chi connectivity index (χ4n) is 3.26. The van der Waals surface area contributed by atoms with Gasteiger partial charge in [0.1, 0.15) is 5.82 Å². The second-order valence-electron chi connectivity index (χ2n) is 6.41. The zero-order valence-electron chi connectivity index (χ0n) is 15.7. The van der Waals surface area contributed by atoms with Crippen molar-refractivity contribution in [1.82, 2.24) is 4.57 Å². The fourth-order valence-corrected chi connectivity index (χ4v) is 4.93. The number of benzene rings is 1. The third kappa shape index (κ3) is 3.61. The molecule has 29 heavy (non-hydrogen) atoms. The van der Waals surface area contributed by atoms with Gasteiger partial charge in [0.15, 0.2) is 4.80 Å². The summed E-state index contributed by atoms with van der Waals surface area (Å²) in [5, 5.41) is 3.89. The lowest BCUT2D eigenvalue weighted by atomic mass is 9.96. The van der Waals surface area contributed by atoms with E-state index in [0.717, 1.165) is 5.56 Å². The molecule has 0 saturated carbocycles. The van der Waals surface area contributed by atoms with E-state index >= 15 is 0 Å². The number of allylic oxidation sites excluding steroid dienone is 1. The number of esters is 1. The molecule has 2 aromatic heterocycles. The first-order chi connectivity index (χ1) is 14.0. The number of nitrogens with zero attached hydrogens (tertiary/aromatic N) is 2. The van der Waals surface area contributed by atoms with Crippen LogP contribution in [0.15, 0.2) is 62.1 Å². The van der Waals surface area contributed by atoms with Crippen LogP contribution in [-0.2, 0) is 9.53 Å². The van der Waals surface area contributed by atoms with E-state index in [1.54, 1.807) is 37.3 Å². The summed E-state index contributed by atoms with van der Waals surface area (Å²) in [6.07, 6.45) is 1.81. The lowest BCUT2D eigenvalue weighted by Crippen LogP contribution is -2.39. The number of ether oxygens (including phenoxy) is 1. The minimum absolute atomic E-state index is 0.203. The number of thiazole rings is 1. The second-order valence-corrected chi connectivity index (χ2v) is 8.20. The van der Waals surface area contributed by atoms with Crippen molar-refractivity contribution in [3.8, 4) is 0 Å². The molecule has 3 aromatic rings. The monoisotopic (exact) mass is 428 g/mol. The average molecular weight is 429 g/mol. The second kappa shape index (κ2) is 7.88. The van der Waals surface area contributed by atoms with Gasteiger partial charge in [0.2, 0.25) is 0 Å². The van der Waals surface area contributed by atoms with Crippen LogP contribution in [0.5, 0.6) is 0 Å². The van der Waals surface area contributed by atoms with E-state index in [0.29, 0.717) is 20.6 Å². The Morgan fingerprint density at radius 3 is 2.72 bits per heavy atom. The Bertz CT molecular complexity index is 1270. The number of hydrogen-bond donors (Lipinski definition) is 0. The quantitative estimate of drug-likeness (QED) is 0.601. The molecule has 4 rings (SSSR count). The van der Waals surface area contributed by atoms with E-state index in [-0.39, 0.29) is 17.7 Å². The summed E-state index contributed by atoms with van der Waals surface area (Å²) in [5.41, 5.74) is 2.07. The molecule has 3 heterocycles. The maximum Gasteiger partial charge on any atom is 0.338 e. The van der Waals surface area contributed by atoms with Crippen LogP contribution in [0.3, 0.4) is 0 Å². The largest absolute Gasteiger partial charge is 0.463 e. The van der Waals surface area contributed by atoms with Crippen LogP contribution in [0.25, 0.3) is 6.08 Å². The Labute approximate surface area is 173 Å². The van der Waals surface area contributed by atoms with Gasteiger partial charge in [-0.2, -0.15) is 11.3 Å². The number of carbonyl (C=O) groups excluding carboxylic acids is 1. The van der Waals surface area contributed by atoms with Crippen molar-refractivity contribution in [3.05, 3.63) is 89.0 Å². The summed E-state index contributed by atoms with van der Waals surface area (Å²) in [7, 11) is 0. The van der Waals surface area contributed by atoms with Crippen LogP contribution in [0, 0.1) is 5.82 Å². The molecule has 0 spiro atoms. The lowest BCUT2D eigenvalue weighted by Gasteiger charge is -2.24. The molecule has 8 heteroatoms. The highest BCUT2D eigenvalue weighted by molar-refractivity contribution is 7.08. The molecular formula is C21H17FN2O3S2. The van der Waals surface area contributed by atoms with Crippen LogP contribution in [0.1, 0.15) is 31.0 Å². The molecule has 0 radical (unpaired) electrons.